The van der Waals surface area contributed by atoms with Crippen LogP contribution >= 0.6 is 7.14 Å². The molecule has 1 aromatic heterocycles. The van der Waals surface area contributed by atoms with E-state index in [4.69, 9.17) is 5.21 Å². The zero-order valence-corrected chi connectivity index (χ0v) is 13.4. The fourth-order valence-corrected chi connectivity index (χ4v) is 3.07. The standard InChI is InChI=1S/C13H13F4N4O2P/c1-24(2,23)10-5-7(14)3-4-9(10)19-11-8(13(15,16)17)6-18-12(20-11)21-22/h3-6,22H,1-2H3,(H2,18,19,20,21). The molecule has 2 rings (SSSR count). The molecule has 24 heavy (non-hydrogen) atoms. The molecule has 0 spiro atoms. The van der Waals surface area contributed by atoms with E-state index in [-0.39, 0.29) is 11.0 Å². The molecule has 1 aromatic carbocycles. The molecule has 0 bridgehead atoms. The Kier molecular flexibility index (Phi) is 4.82. The van der Waals surface area contributed by atoms with Gasteiger partial charge in [0.1, 0.15) is 24.3 Å². The lowest BCUT2D eigenvalue weighted by Gasteiger charge is -2.18. The Morgan fingerprint density at radius 1 is 1.25 bits per heavy atom. The van der Waals surface area contributed by atoms with Gasteiger partial charge in [0, 0.05) is 11.5 Å². The maximum Gasteiger partial charge on any atom is 0.421 e. The van der Waals surface area contributed by atoms with E-state index >= 15 is 0 Å². The third-order valence-corrected chi connectivity index (χ3v) is 4.52. The van der Waals surface area contributed by atoms with Gasteiger partial charge in [0.15, 0.2) is 0 Å². The van der Waals surface area contributed by atoms with Gasteiger partial charge in [0.25, 0.3) is 0 Å². The van der Waals surface area contributed by atoms with Crippen LogP contribution in [0.2, 0.25) is 0 Å². The summed E-state index contributed by atoms with van der Waals surface area (Å²) in [5, 5.41) is 11.2. The first kappa shape index (κ1) is 18.2. The van der Waals surface area contributed by atoms with Crippen LogP contribution in [0.15, 0.2) is 24.4 Å². The number of hydrogen-bond acceptors (Lipinski definition) is 6. The lowest BCUT2D eigenvalue weighted by atomic mass is 10.2. The number of halogens is 4. The quantitative estimate of drug-likeness (QED) is 0.438. The van der Waals surface area contributed by atoms with E-state index in [9.17, 15) is 22.1 Å². The SMILES string of the molecule is CP(C)(=O)c1cc(F)ccc1Nc1nc(NO)ncc1C(F)(F)F. The second-order valence-corrected chi connectivity index (χ2v) is 8.39. The number of nitrogens with one attached hydrogen (secondary N) is 2. The summed E-state index contributed by atoms with van der Waals surface area (Å²) in [5.74, 6) is -1.81. The molecule has 0 unspecified atom stereocenters. The van der Waals surface area contributed by atoms with Crippen molar-refractivity contribution in [2.24, 2.45) is 0 Å². The van der Waals surface area contributed by atoms with Crippen LogP contribution in [0, 0.1) is 5.82 Å². The summed E-state index contributed by atoms with van der Waals surface area (Å²) in [4.78, 5) is 6.82. The van der Waals surface area contributed by atoms with Crippen molar-refractivity contribution in [3.8, 4) is 0 Å². The molecule has 0 aliphatic carbocycles. The second-order valence-electron chi connectivity index (χ2n) is 5.20. The van der Waals surface area contributed by atoms with Gasteiger partial charge in [-0.05, 0) is 31.5 Å². The minimum atomic E-state index is -4.77. The average Bonchev–Trinajstić information content (AvgIpc) is 2.46. The van der Waals surface area contributed by atoms with Gasteiger partial charge in [-0.25, -0.2) is 14.9 Å². The highest BCUT2D eigenvalue weighted by atomic mass is 31.2. The minimum absolute atomic E-state index is 0.0119. The first-order valence-corrected chi connectivity index (χ1v) is 9.09. The van der Waals surface area contributed by atoms with Crippen molar-refractivity contribution >= 4 is 29.9 Å². The first-order valence-electron chi connectivity index (χ1n) is 6.49. The largest absolute Gasteiger partial charge is 0.421 e. The molecule has 0 aliphatic rings. The number of benzene rings is 1. The lowest BCUT2D eigenvalue weighted by molar-refractivity contribution is -0.137. The van der Waals surface area contributed by atoms with Gasteiger partial charge >= 0.3 is 6.18 Å². The van der Waals surface area contributed by atoms with Crippen molar-refractivity contribution in [2.75, 3.05) is 24.1 Å². The van der Waals surface area contributed by atoms with E-state index in [0.717, 1.165) is 12.1 Å². The smallest absolute Gasteiger partial charge is 0.339 e. The number of rotatable bonds is 4. The fraction of sp³-hybridized carbons (Fsp3) is 0.231. The summed E-state index contributed by atoms with van der Waals surface area (Å²) in [6.07, 6.45) is -4.28. The van der Waals surface area contributed by atoms with Gasteiger partial charge < -0.3 is 9.88 Å². The van der Waals surface area contributed by atoms with E-state index < -0.39 is 36.5 Å². The normalized spacial score (nSPS) is 12.1. The van der Waals surface area contributed by atoms with Gasteiger partial charge in [-0.1, -0.05) is 0 Å². The van der Waals surface area contributed by atoms with Gasteiger partial charge in [-0.2, -0.15) is 18.2 Å². The molecule has 0 fully saturated rings. The second kappa shape index (κ2) is 6.37. The predicted octanol–water partition coefficient (Wildman–Crippen LogP) is 3.43. The Labute approximate surface area is 134 Å². The summed E-state index contributed by atoms with van der Waals surface area (Å²) in [7, 11) is -2.99. The molecule has 0 aliphatic heterocycles. The van der Waals surface area contributed by atoms with Crippen molar-refractivity contribution in [3.63, 3.8) is 0 Å². The Balaban J connectivity index is 2.58. The van der Waals surface area contributed by atoms with Crippen molar-refractivity contribution in [2.45, 2.75) is 6.18 Å². The summed E-state index contributed by atoms with van der Waals surface area (Å²) in [6.45, 7) is 2.72. The monoisotopic (exact) mass is 364 g/mol. The van der Waals surface area contributed by atoms with E-state index in [1.807, 2.05) is 0 Å². The maximum atomic E-state index is 13.4. The third kappa shape index (κ3) is 4.01. The van der Waals surface area contributed by atoms with Crippen molar-refractivity contribution in [3.05, 3.63) is 35.8 Å². The average molecular weight is 364 g/mol. The molecule has 0 amide bonds. The fourth-order valence-electron chi connectivity index (χ4n) is 1.92. The number of alkyl halides is 3. The predicted molar refractivity (Wildman–Crippen MR) is 81.2 cm³/mol. The molecule has 0 atom stereocenters. The third-order valence-electron chi connectivity index (χ3n) is 2.99. The van der Waals surface area contributed by atoms with Crippen LogP contribution in [-0.2, 0) is 10.7 Å². The highest BCUT2D eigenvalue weighted by Crippen LogP contribution is 2.40. The molecule has 2 aromatic rings. The van der Waals surface area contributed by atoms with Crippen LogP contribution in [0.4, 0.5) is 35.0 Å². The van der Waals surface area contributed by atoms with Gasteiger partial charge in [-0.3, -0.25) is 5.21 Å². The Bertz CT molecular complexity index is 807. The van der Waals surface area contributed by atoms with Gasteiger partial charge in [0.2, 0.25) is 5.95 Å². The molecule has 130 valence electrons. The number of hydrogen-bond donors (Lipinski definition) is 3. The van der Waals surface area contributed by atoms with Crippen LogP contribution < -0.4 is 16.1 Å². The summed E-state index contributed by atoms with van der Waals surface area (Å²) >= 11 is 0. The number of nitrogens with zero attached hydrogens (tertiary/aromatic N) is 2. The van der Waals surface area contributed by atoms with E-state index in [0.29, 0.717) is 6.20 Å². The summed E-state index contributed by atoms with van der Waals surface area (Å²) in [6, 6.07) is 3.17. The van der Waals surface area contributed by atoms with Crippen LogP contribution in [0.5, 0.6) is 0 Å². The summed E-state index contributed by atoms with van der Waals surface area (Å²) in [5.41, 5.74) is 0.358. The molecule has 0 radical (unpaired) electrons. The van der Waals surface area contributed by atoms with E-state index in [1.54, 1.807) is 5.48 Å². The van der Waals surface area contributed by atoms with Gasteiger partial charge in [0.05, 0.1) is 5.69 Å². The van der Waals surface area contributed by atoms with Crippen molar-refractivity contribution in [1.82, 2.24) is 9.97 Å². The highest BCUT2D eigenvalue weighted by Gasteiger charge is 2.35. The molecule has 1 heterocycles. The Hall–Kier alpha value is -2.19. The molecule has 3 N–H and O–H groups in total. The Morgan fingerprint density at radius 2 is 1.92 bits per heavy atom. The minimum Gasteiger partial charge on any atom is -0.339 e. The first-order chi connectivity index (χ1) is 11.0. The van der Waals surface area contributed by atoms with Crippen molar-refractivity contribution < 1.29 is 27.3 Å². The number of aromatic nitrogens is 2. The molecule has 11 heteroatoms. The van der Waals surface area contributed by atoms with E-state index in [2.05, 4.69) is 15.3 Å². The molecule has 0 saturated heterocycles. The van der Waals surface area contributed by atoms with Gasteiger partial charge in [-0.15, -0.1) is 0 Å². The topological polar surface area (TPSA) is 87.1 Å². The van der Waals surface area contributed by atoms with E-state index in [1.165, 1.54) is 19.4 Å². The maximum absolute atomic E-state index is 13.4. The van der Waals surface area contributed by atoms with Crippen molar-refractivity contribution in [1.29, 1.82) is 0 Å². The summed E-state index contributed by atoms with van der Waals surface area (Å²) < 4.78 is 64.9. The molecular weight excluding hydrogens is 351 g/mol. The van der Waals surface area contributed by atoms with Crippen LogP contribution in [-0.4, -0.2) is 28.5 Å². The zero-order chi connectivity index (χ0) is 18.1. The van der Waals surface area contributed by atoms with Crippen LogP contribution in [0.3, 0.4) is 0 Å². The zero-order valence-electron chi connectivity index (χ0n) is 12.5. The molecule has 0 saturated carbocycles. The van der Waals surface area contributed by atoms with Crippen LogP contribution in [0.1, 0.15) is 5.56 Å². The molecule has 6 nitrogen and oxygen atoms in total. The van der Waals surface area contributed by atoms with Crippen LogP contribution in [0.25, 0.3) is 0 Å². The Morgan fingerprint density at radius 3 is 2.46 bits per heavy atom. The number of anilines is 3. The lowest BCUT2D eigenvalue weighted by Crippen LogP contribution is -2.16. The molecular formula is C13H13F4N4O2P. The highest BCUT2D eigenvalue weighted by molar-refractivity contribution is 7.70.